The van der Waals surface area contributed by atoms with Gasteiger partial charge >= 0.3 is 0 Å². The molecule has 1 heterocycles. The van der Waals surface area contributed by atoms with Crippen LogP contribution in [-0.4, -0.2) is 32.6 Å². The van der Waals surface area contributed by atoms with Crippen LogP contribution in [0.15, 0.2) is 47.6 Å². The van der Waals surface area contributed by atoms with Gasteiger partial charge in [-0.15, -0.1) is 5.10 Å². The van der Waals surface area contributed by atoms with Crippen LogP contribution in [0.25, 0.3) is 5.69 Å². The van der Waals surface area contributed by atoms with Gasteiger partial charge in [-0.05, 0) is 40.8 Å². The first-order chi connectivity index (χ1) is 11.6. The largest absolute Gasteiger partial charge is 0.490 e. The molecule has 0 N–H and O–H groups in total. The standard InChI is InChI=1S/C15H11Cl2FN4OS/c16-12-5-2-6-13(17)14(12)23-7-8-24-15-19-20-21-22(15)11-4-1-3-10(18)9-11/h1-6,9H,7-8H2. The molecule has 5 nitrogen and oxygen atoms in total. The van der Waals surface area contributed by atoms with Crippen molar-refractivity contribution in [2.45, 2.75) is 5.16 Å². The van der Waals surface area contributed by atoms with Gasteiger partial charge in [-0.3, -0.25) is 0 Å². The van der Waals surface area contributed by atoms with Gasteiger partial charge < -0.3 is 4.74 Å². The SMILES string of the molecule is Fc1cccc(-n2nnnc2SCCOc2c(Cl)cccc2Cl)c1. The zero-order chi connectivity index (χ0) is 16.9. The zero-order valence-electron chi connectivity index (χ0n) is 12.2. The van der Waals surface area contributed by atoms with Gasteiger partial charge in [0.2, 0.25) is 5.16 Å². The number of halogens is 3. The monoisotopic (exact) mass is 384 g/mol. The molecule has 2 aromatic carbocycles. The van der Waals surface area contributed by atoms with E-state index in [1.165, 1.54) is 28.6 Å². The van der Waals surface area contributed by atoms with E-state index in [9.17, 15) is 4.39 Å². The summed E-state index contributed by atoms with van der Waals surface area (Å²) < 4.78 is 20.4. The van der Waals surface area contributed by atoms with E-state index in [2.05, 4.69) is 15.5 Å². The molecule has 1 aromatic heterocycles. The Labute approximate surface area is 151 Å². The molecule has 0 atom stereocenters. The topological polar surface area (TPSA) is 52.8 Å². The van der Waals surface area contributed by atoms with E-state index >= 15 is 0 Å². The van der Waals surface area contributed by atoms with Crippen LogP contribution >= 0.6 is 35.0 Å². The Morgan fingerprint density at radius 1 is 1.12 bits per heavy atom. The molecule has 0 spiro atoms. The maximum absolute atomic E-state index is 13.3. The molecule has 0 aliphatic heterocycles. The molecule has 0 saturated carbocycles. The lowest BCUT2D eigenvalue weighted by atomic mass is 10.3. The fourth-order valence-corrected chi connectivity index (χ4v) is 3.15. The van der Waals surface area contributed by atoms with Gasteiger partial charge in [0.1, 0.15) is 5.82 Å². The maximum Gasteiger partial charge on any atom is 0.214 e. The molecule has 0 saturated heterocycles. The molecule has 24 heavy (non-hydrogen) atoms. The van der Waals surface area contributed by atoms with Crippen molar-refractivity contribution in [1.29, 1.82) is 0 Å². The number of hydrogen-bond acceptors (Lipinski definition) is 5. The van der Waals surface area contributed by atoms with Crippen LogP contribution in [0.2, 0.25) is 10.0 Å². The van der Waals surface area contributed by atoms with Crippen molar-refractivity contribution < 1.29 is 9.13 Å². The Hall–Kier alpha value is -1.83. The number of benzene rings is 2. The van der Waals surface area contributed by atoms with Crippen molar-refractivity contribution in [3.05, 3.63) is 58.3 Å². The Morgan fingerprint density at radius 3 is 2.62 bits per heavy atom. The molecular weight excluding hydrogens is 374 g/mol. The van der Waals surface area contributed by atoms with Crippen LogP contribution < -0.4 is 4.74 Å². The molecule has 124 valence electrons. The first kappa shape index (κ1) is 17.0. The number of nitrogens with zero attached hydrogens (tertiary/aromatic N) is 4. The molecule has 0 radical (unpaired) electrons. The third-order valence-corrected chi connectivity index (χ3v) is 4.45. The summed E-state index contributed by atoms with van der Waals surface area (Å²) in [6.07, 6.45) is 0. The summed E-state index contributed by atoms with van der Waals surface area (Å²) in [4.78, 5) is 0. The number of para-hydroxylation sites is 1. The highest BCUT2D eigenvalue weighted by atomic mass is 35.5. The van der Waals surface area contributed by atoms with E-state index in [-0.39, 0.29) is 5.82 Å². The zero-order valence-corrected chi connectivity index (χ0v) is 14.5. The summed E-state index contributed by atoms with van der Waals surface area (Å²) in [5.74, 6) is 0.666. The van der Waals surface area contributed by atoms with Crippen molar-refractivity contribution in [3.8, 4) is 11.4 Å². The van der Waals surface area contributed by atoms with Crippen LogP contribution in [0.1, 0.15) is 0 Å². The Kier molecular flexibility index (Phi) is 5.55. The van der Waals surface area contributed by atoms with Crippen LogP contribution in [-0.2, 0) is 0 Å². The molecule has 3 aromatic rings. The molecule has 0 aliphatic carbocycles. The third kappa shape index (κ3) is 3.98. The summed E-state index contributed by atoms with van der Waals surface area (Å²) in [5.41, 5.74) is 0.553. The number of thioether (sulfide) groups is 1. The minimum absolute atomic E-state index is 0.351. The van der Waals surface area contributed by atoms with Crippen molar-refractivity contribution >= 4 is 35.0 Å². The van der Waals surface area contributed by atoms with Gasteiger partial charge in [0, 0.05) is 5.75 Å². The van der Waals surface area contributed by atoms with E-state index in [1.807, 2.05) is 0 Å². The summed E-state index contributed by atoms with van der Waals surface area (Å²) in [6, 6.07) is 11.2. The van der Waals surface area contributed by atoms with E-state index in [0.29, 0.717) is 39.0 Å². The molecule has 0 fully saturated rings. The van der Waals surface area contributed by atoms with Crippen molar-refractivity contribution in [2.24, 2.45) is 0 Å². The van der Waals surface area contributed by atoms with Crippen LogP contribution in [0.5, 0.6) is 5.75 Å². The minimum atomic E-state index is -0.351. The van der Waals surface area contributed by atoms with E-state index in [1.54, 1.807) is 30.3 Å². The summed E-state index contributed by atoms with van der Waals surface area (Å²) >= 11 is 13.5. The second-order valence-electron chi connectivity index (χ2n) is 4.60. The van der Waals surface area contributed by atoms with Gasteiger partial charge in [-0.2, -0.15) is 4.68 Å². The second kappa shape index (κ2) is 7.83. The Bertz CT molecular complexity index is 826. The maximum atomic E-state index is 13.3. The highest BCUT2D eigenvalue weighted by Gasteiger charge is 2.11. The quantitative estimate of drug-likeness (QED) is 0.468. The minimum Gasteiger partial charge on any atom is -0.490 e. The molecular formula is C15H11Cl2FN4OS. The fraction of sp³-hybridized carbons (Fsp3) is 0.133. The lowest BCUT2D eigenvalue weighted by Crippen LogP contribution is -2.04. The second-order valence-corrected chi connectivity index (χ2v) is 6.48. The molecule has 0 bridgehead atoms. The lowest BCUT2D eigenvalue weighted by Gasteiger charge is -2.09. The fourth-order valence-electron chi connectivity index (χ4n) is 1.94. The Balaban J connectivity index is 1.61. The molecule has 9 heteroatoms. The average molecular weight is 385 g/mol. The third-order valence-electron chi connectivity index (χ3n) is 2.97. The summed E-state index contributed by atoms with van der Waals surface area (Å²) in [5, 5.41) is 12.9. The van der Waals surface area contributed by atoms with Gasteiger partial charge in [-0.25, -0.2) is 4.39 Å². The van der Waals surface area contributed by atoms with Gasteiger partial charge in [-0.1, -0.05) is 47.1 Å². The van der Waals surface area contributed by atoms with E-state index < -0.39 is 0 Å². The van der Waals surface area contributed by atoms with Gasteiger partial charge in [0.05, 0.1) is 22.3 Å². The number of hydrogen-bond donors (Lipinski definition) is 0. The first-order valence-corrected chi connectivity index (χ1v) is 8.63. The average Bonchev–Trinajstić information content (AvgIpc) is 3.02. The van der Waals surface area contributed by atoms with Crippen molar-refractivity contribution in [2.75, 3.05) is 12.4 Å². The number of tetrazole rings is 1. The summed E-state index contributed by atoms with van der Waals surface area (Å²) in [7, 11) is 0. The Morgan fingerprint density at radius 2 is 1.88 bits per heavy atom. The first-order valence-electron chi connectivity index (χ1n) is 6.89. The number of ether oxygens (including phenoxy) is 1. The summed E-state index contributed by atoms with van der Waals surface area (Å²) in [6.45, 7) is 0.365. The van der Waals surface area contributed by atoms with Crippen LogP contribution in [0, 0.1) is 5.82 Å². The highest BCUT2D eigenvalue weighted by molar-refractivity contribution is 7.99. The molecule has 0 amide bonds. The van der Waals surface area contributed by atoms with Crippen LogP contribution in [0.3, 0.4) is 0 Å². The number of rotatable bonds is 6. The highest BCUT2D eigenvalue weighted by Crippen LogP contribution is 2.32. The smallest absolute Gasteiger partial charge is 0.214 e. The van der Waals surface area contributed by atoms with Crippen LogP contribution in [0.4, 0.5) is 4.39 Å². The molecule has 0 unspecified atom stereocenters. The van der Waals surface area contributed by atoms with Gasteiger partial charge in [0.25, 0.3) is 0 Å². The van der Waals surface area contributed by atoms with E-state index in [0.717, 1.165) is 0 Å². The normalized spacial score (nSPS) is 10.8. The number of aromatic nitrogens is 4. The molecule has 0 aliphatic rings. The van der Waals surface area contributed by atoms with E-state index in [4.69, 9.17) is 27.9 Å². The molecule has 3 rings (SSSR count). The predicted octanol–water partition coefficient (Wildman–Crippen LogP) is 4.28. The van der Waals surface area contributed by atoms with Gasteiger partial charge in [0.15, 0.2) is 5.75 Å². The van der Waals surface area contributed by atoms with Crippen molar-refractivity contribution in [3.63, 3.8) is 0 Å². The predicted molar refractivity (Wildman–Crippen MR) is 91.8 cm³/mol. The van der Waals surface area contributed by atoms with Crippen molar-refractivity contribution in [1.82, 2.24) is 20.2 Å². The lowest BCUT2D eigenvalue weighted by molar-refractivity contribution is 0.344.